The van der Waals surface area contributed by atoms with Crippen molar-refractivity contribution in [1.82, 2.24) is 14.9 Å². The fourth-order valence-electron chi connectivity index (χ4n) is 2.52. The molecule has 0 spiro atoms. The Morgan fingerprint density at radius 3 is 2.68 bits per heavy atom. The normalized spacial score (nSPS) is 15.9. The minimum absolute atomic E-state index is 0.203. The molecule has 122 valence electrons. The van der Waals surface area contributed by atoms with Crippen LogP contribution in [0.1, 0.15) is 31.8 Å². The molecule has 0 unspecified atom stereocenters. The average Bonchev–Trinajstić information content (AvgIpc) is 2.69. The van der Waals surface area contributed by atoms with E-state index < -0.39 is 0 Å². The van der Waals surface area contributed by atoms with Gasteiger partial charge in [0, 0.05) is 37.9 Å². The number of ether oxygens (including phenoxy) is 1. The highest BCUT2D eigenvalue weighted by Crippen LogP contribution is 2.15. The summed E-state index contributed by atoms with van der Waals surface area (Å²) in [5.41, 5.74) is 0.972. The number of aromatic nitrogens is 2. The Hall–Kier alpha value is -1.85. The zero-order valence-corrected chi connectivity index (χ0v) is 14.0. The Morgan fingerprint density at radius 1 is 1.23 bits per heavy atom. The number of rotatable bonds is 3. The van der Waals surface area contributed by atoms with E-state index in [-0.39, 0.29) is 6.09 Å². The molecule has 1 aromatic rings. The molecule has 0 atom stereocenters. The standard InChI is InChI=1S/C16H26N4O2/c1-12(2)11-22-16(21)20-7-5-6-19(8-9-20)15-10-13(3)17-14(4)18-15/h10,12H,5-9,11H2,1-4H3. The maximum Gasteiger partial charge on any atom is 0.409 e. The summed E-state index contributed by atoms with van der Waals surface area (Å²) in [6.07, 6.45) is 0.712. The number of aryl methyl sites for hydroxylation is 2. The minimum Gasteiger partial charge on any atom is -0.449 e. The van der Waals surface area contributed by atoms with Crippen molar-refractivity contribution >= 4 is 11.9 Å². The first kappa shape index (κ1) is 16.5. The van der Waals surface area contributed by atoms with Gasteiger partial charge in [-0.3, -0.25) is 0 Å². The fourth-order valence-corrected chi connectivity index (χ4v) is 2.52. The summed E-state index contributed by atoms with van der Waals surface area (Å²) in [5.74, 6) is 2.09. The van der Waals surface area contributed by atoms with Gasteiger partial charge >= 0.3 is 6.09 Å². The van der Waals surface area contributed by atoms with E-state index in [1.165, 1.54) is 0 Å². The third kappa shape index (κ3) is 4.58. The van der Waals surface area contributed by atoms with Gasteiger partial charge in [0.15, 0.2) is 0 Å². The van der Waals surface area contributed by atoms with Crippen LogP contribution in [0.3, 0.4) is 0 Å². The lowest BCUT2D eigenvalue weighted by atomic mass is 10.2. The molecule has 0 aliphatic carbocycles. The topological polar surface area (TPSA) is 58.6 Å². The van der Waals surface area contributed by atoms with Gasteiger partial charge < -0.3 is 14.5 Å². The summed E-state index contributed by atoms with van der Waals surface area (Å²) < 4.78 is 5.32. The quantitative estimate of drug-likeness (QED) is 0.858. The molecule has 0 radical (unpaired) electrons. The van der Waals surface area contributed by atoms with E-state index in [4.69, 9.17) is 4.74 Å². The van der Waals surface area contributed by atoms with E-state index in [2.05, 4.69) is 14.9 Å². The first-order valence-electron chi connectivity index (χ1n) is 7.94. The largest absolute Gasteiger partial charge is 0.449 e. The number of nitrogens with zero attached hydrogens (tertiary/aromatic N) is 4. The van der Waals surface area contributed by atoms with Crippen LogP contribution in [0.4, 0.5) is 10.6 Å². The molecule has 0 bridgehead atoms. The van der Waals surface area contributed by atoms with Gasteiger partial charge in [-0.1, -0.05) is 13.8 Å². The van der Waals surface area contributed by atoms with Crippen molar-refractivity contribution in [2.24, 2.45) is 5.92 Å². The van der Waals surface area contributed by atoms with Gasteiger partial charge in [0.05, 0.1) is 6.61 Å². The van der Waals surface area contributed by atoms with E-state index in [9.17, 15) is 4.79 Å². The second-order valence-corrected chi connectivity index (χ2v) is 6.21. The summed E-state index contributed by atoms with van der Waals surface area (Å²) in [5, 5.41) is 0. The second kappa shape index (κ2) is 7.42. The third-order valence-electron chi connectivity index (χ3n) is 3.57. The number of amides is 1. The highest BCUT2D eigenvalue weighted by Gasteiger charge is 2.21. The molecule has 2 heterocycles. The van der Waals surface area contributed by atoms with Crippen LogP contribution in [0.2, 0.25) is 0 Å². The zero-order valence-electron chi connectivity index (χ0n) is 14.0. The van der Waals surface area contributed by atoms with Crippen LogP contribution in [0, 0.1) is 19.8 Å². The van der Waals surface area contributed by atoms with Crippen molar-refractivity contribution in [1.29, 1.82) is 0 Å². The van der Waals surface area contributed by atoms with Crippen LogP contribution in [0.15, 0.2) is 6.07 Å². The van der Waals surface area contributed by atoms with Crippen LogP contribution in [-0.2, 0) is 4.74 Å². The second-order valence-electron chi connectivity index (χ2n) is 6.21. The Balaban J connectivity index is 1.96. The van der Waals surface area contributed by atoms with Gasteiger partial charge in [-0.25, -0.2) is 14.8 Å². The van der Waals surface area contributed by atoms with Crippen LogP contribution < -0.4 is 4.90 Å². The first-order chi connectivity index (χ1) is 10.5. The van der Waals surface area contributed by atoms with Crippen molar-refractivity contribution in [3.05, 3.63) is 17.6 Å². The number of anilines is 1. The maximum absolute atomic E-state index is 12.1. The molecule has 0 saturated carbocycles. The van der Waals surface area contributed by atoms with Crippen LogP contribution in [-0.4, -0.2) is 53.7 Å². The number of hydrogen-bond acceptors (Lipinski definition) is 5. The molecule has 1 aliphatic heterocycles. The average molecular weight is 306 g/mol. The van der Waals surface area contributed by atoms with Crippen molar-refractivity contribution in [2.75, 3.05) is 37.7 Å². The number of carbonyl (C=O) groups excluding carboxylic acids is 1. The van der Waals surface area contributed by atoms with Crippen LogP contribution in [0.5, 0.6) is 0 Å². The highest BCUT2D eigenvalue weighted by atomic mass is 16.6. The van der Waals surface area contributed by atoms with Gasteiger partial charge in [-0.05, 0) is 26.2 Å². The van der Waals surface area contributed by atoms with E-state index in [1.54, 1.807) is 4.90 Å². The van der Waals surface area contributed by atoms with E-state index in [1.807, 2.05) is 33.8 Å². The summed E-state index contributed by atoms with van der Waals surface area (Å²) in [6, 6.07) is 2.00. The lowest BCUT2D eigenvalue weighted by Gasteiger charge is -2.23. The van der Waals surface area contributed by atoms with Gasteiger partial charge in [0.25, 0.3) is 0 Å². The molecule has 6 heteroatoms. The Kier molecular flexibility index (Phi) is 5.57. The van der Waals surface area contributed by atoms with Gasteiger partial charge in [-0.15, -0.1) is 0 Å². The smallest absolute Gasteiger partial charge is 0.409 e. The molecule has 6 nitrogen and oxygen atoms in total. The molecule has 0 N–H and O–H groups in total. The highest BCUT2D eigenvalue weighted by molar-refractivity contribution is 5.67. The lowest BCUT2D eigenvalue weighted by molar-refractivity contribution is 0.0943. The molecule has 1 aromatic heterocycles. The van der Waals surface area contributed by atoms with E-state index >= 15 is 0 Å². The maximum atomic E-state index is 12.1. The van der Waals surface area contributed by atoms with Crippen LogP contribution >= 0.6 is 0 Å². The lowest BCUT2D eigenvalue weighted by Crippen LogP contribution is -2.36. The van der Waals surface area contributed by atoms with Crippen molar-refractivity contribution < 1.29 is 9.53 Å². The molecular weight excluding hydrogens is 280 g/mol. The number of carbonyl (C=O) groups is 1. The Bertz CT molecular complexity index is 499. The molecule has 1 amide bonds. The van der Waals surface area contributed by atoms with Gasteiger partial charge in [0.1, 0.15) is 11.6 Å². The molecule has 1 aliphatic rings. The summed E-state index contributed by atoms with van der Waals surface area (Å²) in [7, 11) is 0. The molecule has 22 heavy (non-hydrogen) atoms. The molecule has 2 rings (SSSR count). The van der Waals surface area contributed by atoms with Crippen molar-refractivity contribution in [2.45, 2.75) is 34.1 Å². The summed E-state index contributed by atoms with van der Waals surface area (Å²) in [6.45, 7) is 11.5. The van der Waals surface area contributed by atoms with Gasteiger partial charge in [-0.2, -0.15) is 0 Å². The minimum atomic E-state index is -0.203. The van der Waals surface area contributed by atoms with E-state index in [0.29, 0.717) is 19.1 Å². The summed E-state index contributed by atoms with van der Waals surface area (Å²) in [4.78, 5) is 24.9. The predicted molar refractivity (Wildman–Crippen MR) is 86.1 cm³/mol. The Morgan fingerprint density at radius 2 is 2.00 bits per heavy atom. The van der Waals surface area contributed by atoms with Crippen molar-refractivity contribution in [3.63, 3.8) is 0 Å². The van der Waals surface area contributed by atoms with Gasteiger partial charge in [0.2, 0.25) is 0 Å². The fraction of sp³-hybridized carbons (Fsp3) is 0.688. The zero-order chi connectivity index (χ0) is 16.1. The van der Waals surface area contributed by atoms with E-state index in [0.717, 1.165) is 43.4 Å². The van der Waals surface area contributed by atoms with Crippen LogP contribution in [0.25, 0.3) is 0 Å². The molecule has 1 fully saturated rings. The predicted octanol–water partition coefficient (Wildman–Crippen LogP) is 2.40. The monoisotopic (exact) mass is 306 g/mol. The SMILES string of the molecule is Cc1cc(N2CCCN(C(=O)OCC(C)C)CC2)nc(C)n1. The first-order valence-corrected chi connectivity index (χ1v) is 7.94. The van der Waals surface area contributed by atoms with Crippen molar-refractivity contribution in [3.8, 4) is 0 Å². The molecule has 0 aromatic carbocycles. The molecule has 1 saturated heterocycles. The molecular formula is C16H26N4O2. The summed E-state index contributed by atoms with van der Waals surface area (Å²) >= 11 is 0. The Labute approximate surface area is 132 Å². The third-order valence-corrected chi connectivity index (χ3v) is 3.57. The number of hydrogen-bond donors (Lipinski definition) is 0.